The van der Waals surface area contributed by atoms with Crippen molar-refractivity contribution in [1.82, 2.24) is 0 Å². The SMILES string of the molecule is CCCCCCCCCCCCCCCCCCCCCCCCCCCCCCCCCC(=O)O[C@H](COCCCCCCCCCCCCCCCCCCCC)COP(=O)([O-])OCC[N+](C)(C)C. The third kappa shape index (κ3) is 60.2. The molecule has 1 unspecified atom stereocenters. The van der Waals surface area contributed by atoms with E-state index in [0.717, 1.165) is 32.1 Å². The van der Waals surface area contributed by atoms with Gasteiger partial charge in [-0.15, -0.1) is 0 Å². The van der Waals surface area contributed by atoms with Crippen molar-refractivity contribution >= 4 is 13.8 Å². The molecule has 0 N–H and O–H groups in total. The van der Waals surface area contributed by atoms with Crippen molar-refractivity contribution in [2.24, 2.45) is 0 Å². The number of ether oxygens (including phenoxy) is 2. The molecule has 0 spiro atoms. The molecule has 0 aromatic heterocycles. The summed E-state index contributed by atoms with van der Waals surface area (Å²) < 4.78 is 34.9. The summed E-state index contributed by atoms with van der Waals surface area (Å²) in [6.07, 6.45) is 66.0. The predicted molar refractivity (Wildman–Crippen MR) is 305 cm³/mol. The van der Waals surface area contributed by atoms with Gasteiger partial charge in [-0.3, -0.25) is 9.36 Å². The number of hydrogen-bond acceptors (Lipinski definition) is 7. The minimum absolute atomic E-state index is 0.0320. The smallest absolute Gasteiger partial charge is 0.306 e. The molecule has 0 aliphatic rings. The molecule has 0 saturated carbocycles. The number of phosphoric ester groups is 1. The van der Waals surface area contributed by atoms with E-state index in [2.05, 4.69) is 13.8 Å². The van der Waals surface area contributed by atoms with Crippen LogP contribution >= 0.6 is 7.82 Å². The van der Waals surface area contributed by atoms with Crippen LogP contribution in [0, 0.1) is 0 Å². The number of carbonyl (C=O) groups excluding carboxylic acids is 1. The van der Waals surface area contributed by atoms with E-state index >= 15 is 0 Å². The Morgan fingerprint density at radius 3 is 0.930 bits per heavy atom. The molecule has 0 aromatic carbocycles. The molecular formula is C62H126NO7P. The maximum atomic E-state index is 12.8. The highest BCUT2D eigenvalue weighted by molar-refractivity contribution is 7.45. The lowest BCUT2D eigenvalue weighted by Crippen LogP contribution is -2.37. The van der Waals surface area contributed by atoms with Gasteiger partial charge in [-0.1, -0.05) is 316 Å². The average Bonchev–Trinajstić information content (AvgIpc) is 3.33. The molecule has 8 nitrogen and oxygen atoms in total. The van der Waals surface area contributed by atoms with Gasteiger partial charge in [0.25, 0.3) is 7.82 Å². The minimum Gasteiger partial charge on any atom is -0.756 e. The van der Waals surface area contributed by atoms with Crippen LogP contribution in [0.2, 0.25) is 0 Å². The highest BCUT2D eigenvalue weighted by Crippen LogP contribution is 2.38. The van der Waals surface area contributed by atoms with Crippen molar-refractivity contribution in [3.8, 4) is 0 Å². The Labute approximate surface area is 444 Å². The number of quaternary nitrogens is 1. The molecule has 0 aliphatic carbocycles. The summed E-state index contributed by atoms with van der Waals surface area (Å²) in [5.74, 6) is -0.322. The monoisotopic (exact) mass is 1030 g/mol. The van der Waals surface area contributed by atoms with Crippen molar-refractivity contribution < 1.29 is 37.3 Å². The van der Waals surface area contributed by atoms with E-state index < -0.39 is 13.9 Å². The van der Waals surface area contributed by atoms with E-state index in [9.17, 15) is 14.3 Å². The van der Waals surface area contributed by atoms with Crippen LogP contribution < -0.4 is 4.89 Å². The first kappa shape index (κ1) is 70.5. The van der Waals surface area contributed by atoms with E-state index in [1.807, 2.05) is 21.1 Å². The van der Waals surface area contributed by atoms with Crippen LogP contribution in [-0.4, -0.2) is 70.7 Å². The third-order valence-electron chi connectivity index (χ3n) is 14.7. The zero-order valence-corrected chi connectivity index (χ0v) is 49.6. The molecule has 0 heterocycles. The molecule has 2 atom stereocenters. The first-order chi connectivity index (χ1) is 34.6. The lowest BCUT2D eigenvalue weighted by molar-refractivity contribution is -0.870. The number of carbonyl (C=O) groups is 1. The zero-order chi connectivity index (χ0) is 51.9. The van der Waals surface area contributed by atoms with Crippen molar-refractivity contribution in [1.29, 1.82) is 0 Å². The Balaban J connectivity index is 3.89. The fourth-order valence-corrected chi connectivity index (χ4v) is 10.5. The third-order valence-corrected chi connectivity index (χ3v) is 15.6. The molecule has 0 radical (unpaired) electrons. The van der Waals surface area contributed by atoms with Gasteiger partial charge in [-0.25, -0.2) is 0 Å². The second-order valence-electron chi connectivity index (χ2n) is 23.1. The lowest BCUT2D eigenvalue weighted by Gasteiger charge is -2.28. The first-order valence-electron chi connectivity index (χ1n) is 31.8. The van der Waals surface area contributed by atoms with E-state index in [4.69, 9.17) is 18.5 Å². The van der Waals surface area contributed by atoms with Crippen molar-refractivity contribution in [3.63, 3.8) is 0 Å². The maximum Gasteiger partial charge on any atom is 0.306 e. The predicted octanol–water partition coefficient (Wildman–Crippen LogP) is 19.7. The van der Waals surface area contributed by atoms with Gasteiger partial charge < -0.3 is 27.9 Å². The van der Waals surface area contributed by atoms with E-state index in [1.165, 1.54) is 283 Å². The van der Waals surface area contributed by atoms with Crippen LogP contribution in [0.4, 0.5) is 0 Å². The number of nitrogens with zero attached hydrogens (tertiary/aromatic N) is 1. The lowest BCUT2D eigenvalue weighted by atomic mass is 10.0. The van der Waals surface area contributed by atoms with Crippen LogP contribution in [0.25, 0.3) is 0 Å². The van der Waals surface area contributed by atoms with Gasteiger partial charge in [0.2, 0.25) is 0 Å². The molecule has 0 amide bonds. The molecule has 0 rings (SSSR count). The van der Waals surface area contributed by atoms with Crippen molar-refractivity contribution in [2.45, 2.75) is 341 Å². The van der Waals surface area contributed by atoms with Gasteiger partial charge >= 0.3 is 5.97 Å². The molecular weight excluding hydrogens is 902 g/mol. The minimum atomic E-state index is -4.53. The van der Waals surface area contributed by atoms with Crippen molar-refractivity contribution in [2.75, 3.05) is 54.1 Å². The summed E-state index contributed by atoms with van der Waals surface area (Å²) in [5.41, 5.74) is 0. The summed E-state index contributed by atoms with van der Waals surface area (Å²) >= 11 is 0. The summed E-state index contributed by atoms with van der Waals surface area (Å²) in [5, 5.41) is 0. The Morgan fingerprint density at radius 1 is 0.380 bits per heavy atom. The number of unbranched alkanes of at least 4 members (excludes halogenated alkanes) is 47. The second-order valence-corrected chi connectivity index (χ2v) is 24.6. The Bertz CT molecular complexity index is 1100. The fraction of sp³-hybridized carbons (Fsp3) is 0.984. The first-order valence-corrected chi connectivity index (χ1v) is 33.2. The molecule has 0 saturated heterocycles. The largest absolute Gasteiger partial charge is 0.756 e. The number of esters is 1. The van der Waals surface area contributed by atoms with Crippen LogP contribution in [-0.2, 0) is 27.9 Å². The van der Waals surface area contributed by atoms with E-state index in [-0.39, 0.29) is 25.8 Å². The molecule has 0 fully saturated rings. The molecule has 0 bridgehead atoms. The summed E-state index contributed by atoms with van der Waals surface area (Å²) in [6, 6.07) is 0. The van der Waals surface area contributed by atoms with Gasteiger partial charge in [0, 0.05) is 13.0 Å². The fourth-order valence-electron chi connectivity index (χ4n) is 9.79. The van der Waals surface area contributed by atoms with Gasteiger partial charge in [-0.2, -0.15) is 0 Å². The Kier molecular flexibility index (Phi) is 55.3. The van der Waals surface area contributed by atoms with Crippen LogP contribution in [0.15, 0.2) is 0 Å². The van der Waals surface area contributed by atoms with Crippen LogP contribution in [0.3, 0.4) is 0 Å². The number of rotatable bonds is 61. The van der Waals surface area contributed by atoms with E-state index in [1.54, 1.807) is 0 Å². The highest BCUT2D eigenvalue weighted by Gasteiger charge is 2.20. The van der Waals surface area contributed by atoms with Gasteiger partial charge in [0.15, 0.2) is 0 Å². The molecule has 71 heavy (non-hydrogen) atoms. The average molecular weight is 1030 g/mol. The van der Waals surface area contributed by atoms with Crippen molar-refractivity contribution in [3.05, 3.63) is 0 Å². The summed E-state index contributed by atoms with van der Waals surface area (Å²) in [7, 11) is 1.38. The van der Waals surface area contributed by atoms with Gasteiger partial charge in [0.1, 0.15) is 19.3 Å². The number of likely N-dealkylation sites (N-methyl/N-ethyl adjacent to an activating group) is 1. The highest BCUT2D eigenvalue weighted by atomic mass is 31.2. The Hall–Kier alpha value is -0.500. The quantitative estimate of drug-likeness (QED) is 0.0259. The normalized spacial score (nSPS) is 13.3. The summed E-state index contributed by atoms with van der Waals surface area (Å²) in [6.45, 7) is 5.52. The molecule has 9 heteroatoms. The maximum absolute atomic E-state index is 12.8. The summed E-state index contributed by atoms with van der Waals surface area (Å²) in [4.78, 5) is 25.3. The standard InChI is InChI=1S/C62H126NO7P/c1-6-8-10-12-14-16-18-20-22-24-26-27-28-29-30-31-32-33-34-35-36-37-38-39-41-43-45-47-49-51-53-55-62(64)70-61(60-69-71(65,66)68-58-56-63(3,4)5)59-67-57-54-52-50-48-46-44-42-40-25-23-21-19-17-15-13-11-9-7-2/h61H,6-60H2,1-5H3/t61-/m1/s1. The Morgan fingerprint density at radius 2 is 0.648 bits per heavy atom. The zero-order valence-electron chi connectivity index (χ0n) is 48.7. The molecule has 0 aromatic rings. The number of hydrogen-bond donors (Lipinski definition) is 0. The molecule has 426 valence electrons. The van der Waals surface area contributed by atoms with Crippen LogP contribution in [0.1, 0.15) is 335 Å². The number of phosphoric acid groups is 1. The second kappa shape index (κ2) is 55.7. The van der Waals surface area contributed by atoms with Gasteiger partial charge in [0.05, 0.1) is 34.4 Å². The van der Waals surface area contributed by atoms with Crippen LogP contribution in [0.5, 0.6) is 0 Å². The van der Waals surface area contributed by atoms with E-state index in [0.29, 0.717) is 24.1 Å². The van der Waals surface area contributed by atoms with Gasteiger partial charge in [-0.05, 0) is 12.8 Å². The molecule has 0 aliphatic heterocycles. The topological polar surface area (TPSA) is 94.1 Å².